The summed E-state index contributed by atoms with van der Waals surface area (Å²) in [5, 5.41) is 16.4. The molecule has 0 fully saturated rings. The Morgan fingerprint density at radius 2 is 2.07 bits per heavy atom. The highest BCUT2D eigenvalue weighted by Crippen LogP contribution is 2.22. The van der Waals surface area contributed by atoms with Crippen LogP contribution in [0.25, 0.3) is 0 Å². The summed E-state index contributed by atoms with van der Waals surface area (Å²) < 4.78 is 4.60. The molecule has 9 heteroatoms. The molecule has 3 aromatic rings. The maximum Gasteiger partial charge on any atom is 0.172 e. The number of hydrogen-bond donors (Lipinski definition) is 2. The van der Waals surface area contributed by atoms with E-state index in [1.54, 1.807) is 0 Å². The number of anilines is 1. The summed E-state index contributed by atoms with van der Waals surface area (Å²) in [6.45, 7) is 6.16. The van der Waals surface area contributed by atoms with E-state index in [9.17, 15) is 0 Å². The Morgan fingerprint density at radius 3 is 2.78 bits per heavy atom. The van der Waals surface area contributed by atoms with Gasteiger partial charge in [-0.2, -0.15) is 10.2 Å². The van der Waals surface area contributed by atoms with Gasteiger partial charge in [-0.3, -0.25) is 9.36 Å². The molecule has 0 aliphatic rings. The first-order valence-electron chi connectivity index (χ1n) is 8.50. The number of halogens is 2. The van der Waals surface area contributed by atoms with Crippen molar-refractivity contribution in [2.24, 2.45) is 0 Å². The molecule has 2 aromatic heterocycles. The lowest BCUT2D eigenvalue weighted by Crippen LogP contribution is -2.28. The average Bonchev–Trinajstić information content (AvgIpc) is 3.17. The Balaban J connectivity index is 1.60. The highest BCUT2D eigenvalue weighted by Gasteiger charge is 2.11. The molecule has 0 aliphatic heterocycles. The number of thiocarbonyl (C=S) groups is 1. The van der Waals surface area contributed by atoms with Crippen LogP contribution in [0.5, 0.6) is 0 Å². The van der Waals surface area contributed by atoms with E-state index in [1.165, 1.54) is 0 Å². The predicted molar refractivity (Wildman–Crippen MR) is 116 cm³/mol. The molecule has 0 radical (unpaired) electrons. The number of rotatable bonds is 6. The van der Waals surface area contributed by atoms with Crippen molar-refractivity contribution in [1.82, 2.24) is 24.9 Å². The zero-order valence-corrected chi connectivity index (χ0v) is 18.2. The summed E-state index contributed by atoms with van der Waals surface area (Å²) in [5.74, 6) is 0.653. The van der Waals surface area contributed by atoms with Crippen LogP contribution in [0.1, 0.15) is 23.7 Å². The van der Waals surface area contributed by atoms with Gasteiger partial charge in [-0.25, -0.2) is 0 Å². The minimum Gasteiger partial charge on any atom is -0.358 e. The molecule has 0 spiro atoms. The van der Waals surface area contributed by atoms with Crippen molar-refractivity contribution >= 4 is 50.7 Å². The Kier molecular flexibility index (Phi) is 6.51. The molecule has 27 heavy (non-hydrogen) atoms. The molecule has 2 heterocycles. The van der Waals surface area contributed by atoms with E-state index >= 15 is 0 Å². The first-order chi connectivity index (χ1) is 13.0. The quantitative estimate of drug-likeness (QED) is 0.528. The molecule has 0 saturated carbocycles. The van der Waals surface area contributed by atoms with Crippen LogP contribution in [0.4, 0.5) is 5.82 Å². The van der Waals surface area contributed by atoms with Crippen molar-refractivity contribution < 1.29 is 0 Å². The first-order valence-corrected chi connectivity index (χ1v) is 10.1. The standard InChI is InChI=1S/C18H20BrClN6S/c1-3-26-12(2)14(9-22-26)8-21-18(27)23-17-15(19)11-25(24-17)10-13-6-4-5-7-16(13)20/h4-7,9,11H,3,8,10H2,1-2H3,(H2,21,23,24,27). The maximum atomic E-state index is 6.22. The molecule has 0 unspecified atom stereocenters. The minimum atomic E-state index is 0.502. The van der Waals surface area contributed by atoms with Gasteiger partial charge < -0.3 is 10.6 Å². The van der Waals surface area contributed by atoms with Gasteiger partial charge in [-0.15, -0.1) is 0 Å². The van der Waals surface area contributed by atoms with Gasteiger partial charge in [0.25, 0.3) is 0 Å². The van der Waals surface area contributed by atoms with E-state index in [-0.39, 0.29) is 0 Å². The third-order valence-corrected chi connectivity index (χ3v) is 5.38. The van der Waals surface area contributed by atoms with E-state index < -0.39 is 0 Å². The van der Waals surface area contributed by atoms with E-state index in [1.807, 2.05) is 46.0 Å². The van der Waals surface area contributed by atoms with Crippen molar-refractivity contribution in [1.29, 1.82) is 0 Å². The highest BCUT2D eigenvalue weighted by atomic mass is 79.9. The third kappa shape index (κ3) is 4.88. The zero-order valence-electron chi connectivity index (χ0n) is 15.0. The molecule has 142 valence electrons. The third-order valence-electron chi connectivity index (χ3n) is 4.18. The number of aryl methyl sites for hydroxylation is 1. The lowest BCUT2D eigenvalue weighted by atomic mass is 10.2. The second-order valence-corrected chi connectivity index (χ2v) is 7.66. The molecule has 0 atom stereocenters. The molecule has 0 amide bonds. The molecule has 3 rings (SSSR count). The summed E-state index contributed by atoms with van der Waals surface area (Å²) in [6, 6.07) is 7.72. The van der Waals surface area contributed by atoms with Crippen molar-refractivity contribution in [3.05, 3.63) is 63.0 Å². The molecular formula is C18H20BrClN6S. The summed E-state index contributed by atoms with van der Waals surface area (Å²) >= 11 is 15.1. The molecule has 0 saturated heterocycles. The molecule has 2 N–H and O–H groups in total. The smallest absolute Gasteiger partial charge is 0.172 e. The van der Waals surface area contributed by atoms with Gasteiger partial charge in [0.15, 0.2) is 10.9 Å². The van der Waals surface area contributed by atoms with Crippen LogP contribution in [-0.2, 0) is 19.6 Å². The monoisotopic (exact) mass is 466 g/mol. The highest BCUT2D eigenvalue weighted by molar-refractivity contribution is 9.10. The van der Waals surface area contributed by atoms with Crippen LogP contribution in [0.2, 0.25) is 5.02 Å². The van der Waals surface area contributed by atoms with Crippen LogP contribution >= 0.6 is 39.7 Å². The topological polar surface area (TPSA) is 59.7 Å². The van der Waals surface area contributed by atoms with Crippen molar-refractivity contribution in [2.75, 3.05) is 5.32 Å². The minimum absolute atomic E-state index is 0.502. The molecule has 0 aliphatic carbocycles. The van der Waals surface area contributed by atoms with Crippen molar-refractivity contribution in [3.8, 4) is 0 Å². The number of benzene rings is 1. The summed E-state index contributed by atoms with van der Waals surface area (Å²) in [6.07, 6.45) is 3.76. The Hall–Kier alpha value is -1.90. The maximum absolute atomic E-state index is 6.22. The van der Waals surface area contributed by atoms with Crippen LogP contribution < -0.4 is 10.6 Å². The molecule has 1 aromatic carbocycles. The Morgan fingerprint density at radius 1 is 1.30 bits per heavy atom. The van der Waals surface area contributed by atoms with Gasteiger partial charge >= 0.3 is 0 Å². The van der Waals surface area contributed by atoms with Crippen LogP contribution in [0.3, 0.4) is 0 Å². The second kappa shape index (κ2) is 8.86. The predicted octanol–water partition coefficient (Wildman–Crippen LogP) is 4.36. The van der Waals surface area contributed by atoms with Crippen molar-refractivity contribution in [3.63, 3.8) is 0 Å². The fraction of sp³-hybridized carbons (Fsp3) is 0.278. The van der Waals surface area contributed by atoms with Gasteiger partial charge in [0.1, 0.15) is 0 Å². The Labute approximate surface area is 177 Å². The largest absolute Gasteiger partial charge is 0.358 e. The van der Waals surface area contributed by atoms with Gasteiger partial charge in [-0.05, 0) is 53.6 Å². The van der Waals surface area contributed by atoms with Crippen LogP contribution in [0, 0.1) is 6.92 Å². The lowest BCUT2D eigenvalue weighted by molar-refractivity contribution is 0.638. The number of nitrogens with one attached hydrogen (secondary N) is 2. The van der Waals surface area contributed by atoms with Crippen molar-refractivity contribution in [2.45, 2.75) is 33.5 Å². The second-order valence-electron chi connectivity index (χ2n) is 5.99. The lowest BCUT2D eigenvalue weighted by Gasteiger charge is -2.09. The number of aromatic nitrogens is 4. The first kappa shape index (κ1) is 19.9. The number of nitrogens with zero attached hydrogens (tertiary/aromatic N) is 4. The molecular weight excluding hydrogens is 448 g/mol. The SMILES string of the molecule is CCn1ncc(CNC(=S)Nc2nn(Cc3ccccc3Cl)cc2Br)c1C. The molecule has 0 bridgehead atoms. The van der Waals surface area contributed by atoms with E-state index in [4.69, 9.17) is 23.8 Å². The zero-order chi connectivity index (χ0) is 19.4. The average molecular weight is 468 g/mol. The number of hydrogen-bond acceptors (Lipinski definition) is 3. The van der Waals surface area contributed by atoms with Gasteiger partial charge in [0.2, 0.25) is 0 Å². The van der Waals surface area contributed by atoms with Crippen LogP contribution in [-0.4, -0.2) is 24.7 Å². The van der Waals surface area contributed by atoms with Gasteiger partial charge in [0.05, 0.1) is 17.2 Å². The summed E-state index contributed by atoms with van der Waals surface area (Å²) in [5.41, 5.74) is 3.26. The van der Waals surface area contributed by atoms with E-state index in [0.717, 1.165) is 32.9 Å². The van der Waals surface area contributed by atoms with Gasteiger partial charge in [0, 0.05) is 35.6 Å². The van der Waals surface area contributed by atoms with Crippen LogP contribution in [0.15, 0.2) is 41.1 Å². The molecule has 6 nitrogen and oxygen atoms in total. The summed E-state index contributed by atoms with van der Waals surface area (Å²) in [4.78, 5) is 0. The fourth-order valence-corrected chi connectivity index (χ4v) is 3.45. The summed E-state index contributed by atoms with van der Waals surface area (Å²) in [7, 11) is 0. The fourth-order valence-electron chi connectivity index (χ4n) is 2.67. The normalized spacial score (nSPS) is 10.8. The Bertz CT molecular complexity index is 951. The van der Waals surface area contributed by atoms with E-state index in [0.29, 0.717) is 24.0 Å². The van der Waals surface area contributed by atoms with E-state index in [2.05, 4.69) is 50.6 Å². The van der Waals surface area contributed by atoms with Gasteiger partial charge in [-0.1, -0.05) is 29.8 Å².